The zero-order valence-electron chi connectivity index (χ0n) is 21.3. The molecule has 200 valence electrons. The predicted molar refractivity (Wildman–Crippen MR) is 139 cm³/mol. The van der Waals surface area contributed by atoms with Gasteiger partial charge in [0.1, 0.15) is 0 Å². The van der Waals surface area contributed by atoms with Crippen LogP contribution in [-0.4, -0.2) is 59.8 Å². The summed E-state index contributed by atoms with van der Waals surface area (Å²) >= 11 is 0. The number of alkyl halides is 3. The largest absolute Gasteiger partial charge is 0.416 e. The predicted octanol–water partition coefficient (Wildman–Crippen LogP) is 4.10. The fourth-order valence-corrected chi connectivity index (χ4v) is 4.51. The highest BCUT2D eigenvalue weighted by Crippen LogP contribution is 2.35. The van der Waals surface area contributed by atoms with Crippen LogP contribution in [0.4, 0.5) is 18.9 Å². The highest BCUT2D eigenvalue weighted by molar-refractivity contribution is 6.05. The van der Waals surface area contributed by atoms with E-state index in [0.717, 1.165) is 30.3 Å². The fraction of sp³-hybridized carbons (Fsp3) is 0.321. The maximum absolute atomic E-state index is 13.9. The Hall–Kier alpha value is -3.76. The van der Waals surface area contributed by atoms with Crippen molar-refractivity contribution in [2.24, 2.45) is 5.73 Å². The van der Waals surface area contributed by atoms with Gasteiger partial charge in [-0.15, -0.1) is 0 Å². The second-order valence-corrected chi connectivity index (χ2v) is 9.66. The molecule has 1 aromatic heterocycles. The maximum Gasteiger partial charge on any atom is 0.416 e. The first-order valence-corrected chi connectivity index (χ1v) is 12.3. The number of benzene rings is 2. The van der Waals surface area contributed by atoms with Crippen LogP contribution in [0.1, 0.15) is 32.6 Å². The Morgan fingerprint density at radius 3 is 2.45 bits per heavy atom. The van der Waals surface area contributed by atoms with Crippen LogP contribution in [0.3, 0.4) is 0 Å². The molecule has 0 unspecified atom stereocenters. The molecule has 1 aliphatic rings. The van der Waals surface area contributed by atoms with Gasteiger partial charge in [-0.1, -0.05) is 12.1 Å². The number of carbonyl (C=O) groups excluding carboxylic acids is 2. The first kappa shape index (κ1) is 27.3. The van der Waals surface area contributed by atoms with Crippen LogP contribution in [0.25, 0.3) is 11.1 Å². The van der Waals surface area contributed by atoms with Crippen molar-refractivity contribution in [1.82, 2.24) is 14.8 Å². The lowest BCUT2D eigenvalue weighted by molar-refractivity contribution is -0.138. The van der Waals surface area contributed by atoms with Gasteiger partial charge in [0.05, 0.1) is 12.0 Å². The van der Waals surface area contributed by atoms with Crippen molar-refractivity contribution in [3.63, 3.8) is 0 Å². The standard InChI is InChI=1S/C28H30F3N5O2/c1-18-3-4-20(13-24(18)22-11-19(12-26(32)37)15-33-16-22)27(38)34-23-6-5-21(25(14-23)28(29,30)31)17-36-9-7-35(2)8-10-36/h3-6,11,13-16H,7-10,12,17H2,1-2H3,(H2,32,37)(H,34,38). The van der Waals surface area contributed by atoms with E-state index in [1.165, 1.54) is 12.1 Å². The van der Waals surface area contributed by atoms with E-state index >= 15 is 0 Å². The van der Waals surface area contributed by atoms with Gasteiger partial charge < -0.3 is 16.0 Å². The number of aryl methyl sites for hydroxylation is 1. The number of nitrogens with zero attached hydrogens (tertiary/aromatic N) is 3. The molecule has 7 nitrogen and oxygen atoms in total. The van der Waals surface area contributed by atoms with Crippen molar-refractivity contribution in [2.45, 2.75) is 26.1 Å². The number of halogens is 3. The molecule has 1 fully saturated rings. The van der Waals surface area contributed by atoms with Crippen LogP contribution >= 0.6 is 0 Å². The van der Waals surface area contributed by atoms with Gasteiger partial charge >= 0.3 is 6.18 Å². The van der Waals surface area contributed by atoms with E-state index < -0.39 is 23.6 Å². The molecular formula is C28H30F3N5O2. The van der Waals surface area contributed by atoms with Crippen LogP contribution < -0.4 is 11.1 Å². The number of pyridine rings is 1. The van der Waals surface area contributed by atoms with E-state index in [9.17, 15) is 22.8 Å². The lowest BCUT2D eigenvalue weighted by atomic mass is 9.97. The third-order valence-electron chi connectivity index (χ3n) is 6.65. The number of aromatic nitrogens is 1. The van der Waals surface area contributed by atoms with Crippen molar-refractivity contribution < 1.29 is 22.8 Å². The summed E-state index contributed by atoms with van der Waals surface area (Å²) < 4.78 is 41.8. The summed E-state index contributed by atoms with van der Waals surface area (Å²) in [7, 11) is 1.99. The second-order valence-electron chi connectivity index (χ2n) is 9.66. The topological polar surface area (TPSA) is 91.6 Å². The van der Waals surface area contributed by atoms with E-state index in [4.69, 9.17) is 5.73 Å². The number of carbonyl (C=O) groups is 2. The molecule has 0 saturated carbocycles. The summed E-state index contributed by atoms with van der Waals surface area (Å²) in [5, 5.41) is 2.61. The molecule has 2 aromatic carbocycles. The average molecular weight is 526 g/mol. The summed E-state index contributed by atoms with van der Waals surface area (Å²) in [4.78, 5) is 32.6. The molecule has 10 heteroatoms. The third-order valence-corrected chi connectivity index (χ3v) is 6.65. The quantitative estimate of drug-likeness (QED) is 0.485. The molecule has 0 atom stereocenters. The highest BCUT2D eigenvalue weighted by atomic mass is 19.4. The van der Waals surface area contributed by atoms with Crippen LogP contribution in [-0.2, 0) is 23.9 Å². The molecule has 4 rings (SSSR count). The van der Waals surface area contributed by atoms with Crippen molar-refractivity contribution in [3.8, 4) is 11.1 Å². The molecular weight excluding hydrogens is 495 g/mol. The molecule has 1 aliphatic heterocycles. The average Bonchev–Trinajstić information content (AvgIpc) is 2.85. The minimum atomic E-state index is -4.55. The Balaban J connectivity index is 1.55. The second kappa shape index (κ2) is 11.3. The van der Waals surface area contributed by atoms with Gasteiger partial charge in [-0.25, -0.2) is 0 Å². The smallest absolute Gasteiger partial charge is 0.369 e. The maximum atomic E-state index is 13.9. The molecule has 2 heterocycles. The van der Waals surface area contributed by atoms with Crippen LogP contribution in [0.15, 0.2) is 54.9 Å². The first-order valence-electron chi connectivity index (χ1n) is 12.3. The van der Waals surface area contributed by atoms with Crippen molar-refractivity contribution in [1.29, 1.82) is 0 Å². The zero-order valence-corrected chi connectivity index (χ0v) is 21.3. The lowest BCUT2D eigenvalue weighted by Crippen LogP contribution is -2.44. The van der Waals surface area contributed by atoms with Gasteiger partial charge in [-0.05, 0) is 66.6 Å². The molecule has 3 N–H and O–H groups in total. The third kappa shape index (κ3) is 6.76. The Bertz CT molecular complexity index is 1330. The van der Waals surface area contributed by atoms with Gasteiger partial charge in [-0.2, -0.15) is 13.2 Å². The number of nitrogens with one attached hydrogen (secondary N) is 1. The van der Waals surface area contributed by atoms with E-state index in [2.05, 4.69) is 15.2 Å². The molecule has 0 spiro atoms. The monoisotopic (exact) mass is 525 g/mol. The number of anilines is 1. The van der Waals surface area contributed by atoms with Crippen LogP contribution in [0.5, 0.6) is 0 Å². The molecule has 38 heavy (non-hydrogen) atoms. The molecule has 0 radical (unpaired) electrons. The number of nitrogens with two attached hydrogens (primary N) is 1. The molecule has 3 aromatic rings. The number of hydrogen-bond acceptors (Lipinski definition) is 5. The Kier molecular flexibility index (Phi) is 8.13. The summed E-state index contributed by atoms with van der Waals surface area (Å²) in [5.74, 6) is -1.02. The van der Waals surface area contributed by atoms with Crippen molar-refractivity contribution in [3.05, 3.63) is 82.7 Å². The Morgan fingerprint density at radius 1 is 1.03 bits per heavy atom. The minimum Gasteiger partial charge on any atom is -0.369 e. The van der Waals surface area contributed by atoms with Crippen LogP contribution in [0.2, 0.25) is 0 Å². The molecule has 1 saturated heterocycles. The van der Waals surface area contributed by atoms with Gasteiger partial charge in [0.25, 0.3) is 5.91 Å². The fourth-order valence-electron chi connectivity index (χ4n) is 4.51. The zero-order chi connectivity index (χ0) is 27.4. The molecule has 0 bridgehead atoms. The minimum absolute atomic E-state index is 0.0341. The van der Waals surface area contributed by atoms with Crippen LogP contribution in [0, 0.1) is 6.92 Å². The van der Waals surface area contributed by atoms with Gasteiger partial charge in [0.2, 0.25) is 5.91 Å². The first-order chi connectivity index (χ1) is 18.0. The number of likely N-dealkylation sites (N-methyl/N-ethyl adjacent to an activating group) is 1. The van der Waals surface area contributed by atoms with Crippen molar-refractivity contribution in [2.75, 3.05) is 38.5 Å². The number of hydrogen-bond donors (Lipinski definition) is 2. The van der Waals surface area contributed by atoms with E-state index in [1.54, 1.807) is 36.7 Å². The van der Waals surface area contributed by atoms with E-state index in [0.29, 0.717) is 24.2 Å². The summed E-state index contributed by atoms with van der Waals surface area (Å²) in [5.41, 5.74) is 7.98. The SMILES string of the molecule is Cc1ccc(C(=O)Nc2ccc(CN3CCN(C)CC3)c(C(F)(F)F)c2)cc1-c1cncc(CC(N)=O)c1. The number of rotatable bonds is 7. The lowest BCUT2D eigenvalue weighted by Gasteiger charge is -2.33. The van der Waals surface area contributed by atoms with E-state index in [-0.39, 0.29) is 29.8 Å². The molecule has 0 aliphatic carbocycles. The molecule has 2 amide bonds. The normalized spacial score (nSPS) is 14.9. The Morgan fingerprint density at radius 2 is 1.76 bits per heavy atom. The van der Waals surface area contributed by atoms with Gasteiger partial charge in [-0.3, -0.25) is 19.5 Å². The van der Waals surface area contributed by atoms with Crippen molar-refractivity contribution >= 4 is 17.5 Å². The number of primary amides is 1. The van der Waals surface area contributed by atoms with Gasteiger partial charge in [0.15, 0.2) is 0 Å². The van der Waals surface area contributed by atoms with E-state index in [1.807, 2.05) is 18.9 Å². The Labute approximate surface area is 219 Å². The summed E-state index contributed by atoms with van der Waals surface area (Å²) in [6.07, 6.45) is -1.36. The summed E-state index contributed by atoms with van der Waals surface area (Å²) in [6, 6.07) is 10.7. The number of amides is 2. The van der Waals surface area contributed by atoms with Gasteiger partial charge in [0, 0.05) is 61.9 Å². The highest BCUT2D eigenvalue weighted by Gasteiger charge is 2.34. The number of piperazine rings is 1. The summed E-state index contributed by atoms with van der Waals surface area (Å²) in [6.45, 7) is 5.07.